The highest BCUT2D eigenvalue weighted by Crippen LogP contribution is 2.23. The van der Waals surface area contributed by atoms with Crippen LogP contribution in [0.2, 0.25) is 0 Å². The summed E-state index contributed by atoms with van der Waals surface area (Å²) in [6, 6.07) is 16.2. The van der Waals surface area contributed by atoms with Crippen molar-refractivity contribution >= 4 is 17.2 Å². The normalized spacial score (nSPS) is 11.0. The molecule has 2 aromatic carbocycles. The van der Waals surface area contributed by atoms with Crippen molar-refractivity contribution in [2.75, 3.05) is 12.8 Å². The monoisotopic (exact) mass is 309 g/mol. The van der Waals surface area contributed by atoms with Crippen LogP contribution < -0.4 is 16.0 Å². The van der Waals surface area contributed by atoms with Crippen LogP contribution in [0.5, 0.6) is 5.75 Å². The molecule has 0 aliphatic rings. The maximum atomic E-state index is 12.4. The minimum absolute atomic E-state index is 0.0664. The Labute approximate surface area is 132 Å². The van der Waals surface area contributed by atoms with E-state index in [4.69, 9.17) is 10.5 Å². The molecule has 0 fully saturated rings. The van der Waals surface area contributed by atoms with Gasteiger partial charge in [0.1, 0.15) is 11.6 Å². The molecule has 23 heavy (non-hydrogen) atoms. The van der Waals surface area contributed by atoms with Gasteiger partial charge in [-0.1, -0.05) is 24.3 Å². The van der Waals surface area contributed by atoms with Crippen molar-refractivity contribution in [2.45, 2.75) is 0 Å². The summed E-state index contributed by atoms with van der Waals surface area (Å²) in [5.41, 5.74) is 6.79. The van der Waals surface area contributed by atoms with Crippen molar-refractivity contribution < 1.29 is 4.74 Å². The molecule has 0 bridgehead atoms. The van der Waals surface area contributed by atoms with Gasteiger partial charge in [-0.2, -0.15) is 5.11 Å². The highest BCUT2D eigenvalue weighted by molar-refractivity contribution is 5.57. The van der Waals surface area contributed by atoms with E-state index in [0.717, 1.165) is 0 Å². The SMILES string of the molecule is COc1cccc(N=Nc2c(N)[nH]n(-c3ccccc3)c2=O)c1. The van der Waals surface area contributed by atoms with E-state index in [1.165, 1.54) is 4.68 Å². The van der Waals surface area contributed by atoms with E-state index >= 15 is 0 Å². The molecule has 0 radical (unpaired) electrons. The summed E-state index contributed by atoms with van der Waals surface area (Å²) in [5, 5.41) is 10.8. The van der Waals surface area contributed by atoms with Crippen LogP contribution in [0.4, 0.5) is 17.2 Å². The van der Waals surface area contributed by atoms with Crippen LogP contribution in [0.1, 0.15) is 0 Å². The van der Waals surface area contributed by atoms with Gasteiger partial charge in [0.25, 0.3) is 0 Å². The van der Waals surface area contributed by atoms with E-state index in [2.05, 4.69) is 15.3 Å². The van der Waals surface area contributed by atoms with Gasteiger partial charge in [0.2, 0.25) is 0 Å². The molecular weight excluding hydrogens is 294 g/mol. The molecule has 1 aromatic heterocycles. The number of H-pyrrole nitrogens is 1. The predicted octanol–water partition coefficient (Wildman–Crippen LogP) is 3.17. The van der Waals surface area contributed by atoms with Crippen molar-refractivity contribution in [1.29, 1.82) is 0 Å². The topological polar surface area (TPSA) is 97.8 Å². The Morgan fingerprint density at radius 1 is 1.09 bits per heavy atom. The molecule has 3 aromatic rings. The van der Waals surface area contributed by atoms with Crippen LogP contribution in [-0.2, 0) is 0 Å². The fourth-order valence-electron chi connectivity index (χ4n) is 2.08. The zero-order chi connectivity index (χ0) is 16.2. The summed E-state index contributed by atoms with van der Waals surface area (Å²) in [6.07, 6.45) is 0. The number of ether oxygens (including phenoxy) is 1. The Balaban J connectivity index is 1.96. The lowest BCUT2D eigenvalue weighted by Gasteiger charge is -1.99. The molecule has 0 saturated carbocycles. The summed E-state index contributed by atoms with van der Waals surface area (Å²) >= 11 is 0. The van der Waals surface area contributed by atoms with Gasteiger partial charge in [0.15, 0.2) is 5.69 Å². The van der Waals surface area contributed by atoms with Crippen LogP contribution in [0.15, 0.2) is 69.6 Å². The molecule has 116 valence electrons. The Morgan fingerprint density at radius 3 is 2.61 bits per heavy atom. The van der Waals surface area contributed by atoms with E-state index in [1.807, 2.05) is 18.2 Å². The van der Waals surface area contributed by atoms with E-state index < -0.39 is 0 Å². The first-order valence-electron chi connectivity index (χ1n) is 6.91. The second kappa shape index (κ2) is 6.18. The number of hydrogen-bond acceptors (Lipinski definition) is 5. The van der Waals surface area contributed by atoms with Gasteiger partial charge >= 0.3 is 5.56 Å². The van der Waals surface area contributed by atoms with Crippen molar-refractivity contribution in [3.63, 3.8) is 0 Å². The number of aromatic amines is 1. The Bertz CT molecular complexity index is 896. The lowest BCUT2D eigenvalue weighted by Crippen LogP contribution is -2.13. The number of benzene rings is 2. The van der Waals surface area contributed by atoms with Gasteiger partial charge in [-0.25, -0.2) is 4.68 Å². The smallest absolute Gasteiger partial charge is 0.301 e. The summed E-state index contributed by atoms with van der Waals surface area (Å²) in [5.74, 6) is 0.815. The Morgan fingerprint density at radius 2 is 1.87 bits per heavy atom. The second-order valence-electron chi connectivity index (χ2n) is 4.75. The highest BCUT2D eigenvalue weighted by Gasteiger charge is 2.12. The highest BCUT2D eigenvalue weighted by atomic mass is 16.5. The number of rotatable bonds is 4. The van der Waals surface area contributed by atoms with E-state index in [9.17, 15) is 4.79 Å². The van der Waals surface area contributed by atoms with E-state index in [-0.39, 0.29) is 17.1 Å². The summed E-state index contributed by atoms with van der Waals surface area (Å²) in [7, 11) is 1.57. The number of anilines is 1. The van der Waals surface area contributed by atoms with Crippen molar-refractivity contribution in [2.24, 2.45) is 10.2 Å². The number of nitrogens with two attached hydrogens (primary N) is 1. The van der Waals surface area contributed by atoms with Crippen LogP contribution in [-0.4, -0.2) is 16.9 Å². The zero-order valence-electron chi connectivity index (χ0n) is 12.4. The van der Waals surface area contributed by atoms with Gasteiger partial charge in [-0.3, -0.25) is 9.89 Å². The molecule has 0 atom stereocenters. The zero-order valence-corrected chi connectivity index (χ0v) is 12.4. The summed E-state index contributed by atoms with van der Waals surface area (Å²) in [6.45, 7) is 0. The number of azo groups is 1. The maximum Gasteiger partial charge on any atom is 0.301 e. The van der Waals surface area contributed by atoms with Crippen LogP contribution in [0.3, 0.4) is 0 Å². The largest absolute Gasteiger partial charge is 0.497 e. The first kappa shape index (κ1) is 14.6. The predicted molar refractivity (Wildman–Crippen MR) is 88.0 cm³/mol. The van der Waals surface area contributed by atoms with Crippen molar-refractivity contribution in [1.82, 2.24) is 9.78 Å². The summed E-state index contributed by atoms with van der Waals surface area (Å²) < 4.78 is 6.45. The molecule has 7 nitrogen and oxygen atoms in total. The lowest BCUT2D eigenvalue weighted by molar-refractivity contribution is 0.415. The van der Waals surface area contributed by atoms with E-state index in [0.29, 0.717) is 17.1 Å². The molecule has 7 heteroatoms. The third-order valence-corrected chi connectivity index (χ3v) is 3.23. The molecule has 3 rings (SSSR count). The molecule has 1 heterocycles. The number of para-hydroxylation sites is 1. The first-order chi connectivity index (χ1) is 11.2. The lowest BCUT2D eigenvalue weighted by atomic mass is 10.3. The van der Waals surface area contributed by atoms with Crippen LogP contribution in [0, 0.1) is 0 Å². The Hall–Kier alpha value is -3.35. The standard InChI is InChI=1S/C16H15N5O2/c1-23-13-9-5-6-11(10-13)18-19-14-15(17)20-21(16(14)22)12-7-3-2-4-8-12/h2-10,20H,17H2,1H3. The van der Waals surface area contributed by atoms with E-state index in [1.54, 1.807) is 43.5 Å². The average Bonchev–Trinajstić information content (AvgIpc) is 2.88. The number of hydrogen-bond donors (Lipinski definition) is 2. The first-order valence-corrected chi connectivity index (χ1v) is 6.91. The number of nitrogens with zero attached hydrogens (tertiary/aromatic N) is 3. The molecular formula is C16H15N5O2. The fraction of sp³-hybridized carbons (Fsp3) is 0.0625. The minimum Gasteiger partial charge on any atom is -0.497 e. The average molecular weight is 309 g/mol. The second-order valence-corrected chi connectivity index (χ2v) is 4.75. The number of methoxy groups -OCH3 is 1. The Kier molecular flexibility index (Phi) is 3.92. The third-order valence-electron chi connectivity index (χ3n) is 3.23. The van der Waals surface area contributed by atoms with Crippen LogP contribution >= 0.6 is 0 Å². The molecule has 0 saturated heterocycles. The van der Waals surface area contributed by atoms with Gasteiger partial charge < -0.3 is 10.5 Å². The van der Waals surface area contributed by atoms with Gasteiger partial charge in [0.05, 0.1) is 18.5 Å². The van der Waals surface area contributed by atoms with Gasteiger partial charge in [-0.05, 0) is 24.3 Å². The molecule has 0 spiro atoms. The third kappa shape index (κ3) is 2.98. The van der Waals surface area contributed by atoms with Gasteiger partial charge in [0, 0.05) is 6.07 Å². The van der Waals surface area contributed by atoms with Crippen LogP contribution in [0.25, 0.3) is 5.69 Å². The minimum atomic E-state index is -0.361. The fourth-order valence-corrected chi connectivity index (χ4v) is 2.08. The number of nitrogens with one attached hydrogen (secondary N) is 1. The number of nitrogen functional groups attached to an aromatic ring is 1. The van der Waals surface area contributed by atoms with Gasteiger partial charge in [-0.15, -0.1) is 5.11 Å². The molecule has 0 aliphatic heterocycles. The maximum absolute atomic E-state index is 12.4. The number of aromatic nitrogens is 2. The molecule has 3 N–H and O–H groups in total. The molecule has 0 aliphatic carbocycles. The summed E-state index contributed by atoms with van der Waals surface area (Å²) in [4.78, 5) is 12.4. The van der Waals surface area contributed by atoms with Crippen molar-refractivity contribution in [3.05, 3.63) is 65.0 Å². The van der Waals surface area contributed by atoms with Crippen molar-refractivity contribution in [3.8, 4) is 11.4 Å². The quantitative estimate of drug-likeness (QED) is 0.724. The molecule has 0 unspecified atom stereocenters. The molecule has 0 amide bonds.